The second kappa shape index (κ2) is 7.72. The molecule has 1 aliphatic carbocycles. The minimum absolute atomic E-state index is 0.194. The fourth-order valence-electron chi connectivity index (χ4n) is 4.06. The van der Waals surface area contributed by atoms with E-state index < -0.39 is 15.4 Å². The lowest BCUT2D eigenvalue weighted by atomic mass is 9.69. The molecule has 3 heterocycles. The summed E-state index contributed by atoms with van der Waals surface area (Å²) in [4.78, 5) is 8.81. The lowest BCUT2D eigenvalue weighted by Crippen LogP contribution is -2.31. The van der Waals surface area contributed by atoms with E-state index in [0.717, 1.165) is 27.9 Å². The SMILES string of the molecule is Cc1ccc(S(=O)(=O)Nc2n[nH]c3c2C=CC(c2cccnc2)(c2cccnc2)C3)cc1. The van der Waals surface area contributed by atoms with E-state index in [1.54, 1.807) is 36.7 Å². The maximum Gasteiger partial charge on any atom is 0.263 e. The van der Waals surface area contributed by atoms with Gasteiger partial charge in [-0.25, -0.2) is 8.42 Å². The molecular weight excluding hydrogens is 422 g/mol. The minimum Gasteiger partial charge on any atom is -0.280 e. The first-order valence-corrected chi connectivity index (χ1v) is 11.6. The van der Waals surface area contributed by atoms with E-state index in [0.29, 0.717) is 6.42 Å². The first-order valence-electron chi connectivity index (χ1n) is 10.1. The standard InChI is InChI=1S/C24H21N5O2S/c1-17-6-8-20(9-7-17)32(30,31)29-23-21-10-11-24(14-22(21)27-28-23,18-4-2-12-25-15-18)19-5-3-13-26-16-19/h2-13,15-16H,14H2,1H3,(H2,27,28,29). The van der Waals surface area contributed by atoms with Crippen molar-refractivity contribution in [2.24, 2.45) is 0 Å². The molecule has 0 unspecified atom stereocenters. The molecule has 0 saturated heterocycles. The van der Waals surface area contributed by atoms with E-state index in [9.17, 15) is 8.42 Å². The molecule has 160 valence electrons. The molecule has 5 rings (SSSR count). The monoisotopic (exact) mass is 443 g/mol. The molecule has 0 aliphatic heterocycles. The summed E-state index contributed by atoms with van der Waals surface area (Å²) in [6.07, 6.45) is 11.7. The Morgan fingerprint density at radius 1 is 0.969 bits per heavy atom. The Hall–Kier alpha value is -3.78. The molecule has 0 spiro atoms. The van der Waals surface area contributed by atoms with Crippen LogP contribution in [-0.2, 0) is 21.9 Å². The van der Waals surface area contributed by atoms with Crippen LogP contribution in [-0.4, -0.2) is 28.6 Å². The molecule has 7 nitrogen and oxygen atoms in total. The number of anilines is 1. The molecule has 0 bridgehead atoms. The normalized spacial score (nSPS) is 14.7. The molecule has 0 radical (unpaired) electrons. The first kappa shape index (κ1) is 20.1. The molecule has 4 aromatic rings. The van der Waals surface area contributed by atoms with E-state index in [1.165, 1.54) is 0 Å². The van der Waals surface area contributed by atoms with E-state index in [1.807, 2.05) is 49.7 Å². The van der Waals surface area contributed by atoms with Crippen molar-refractivity contribution in [1.82, 2.24) is 20.2 Å². The van der Waals surface area contributed by atoms with Crippen molar-refractivity contribution in [3.05, 3.63) is 107 Å². The van der Waals surface area contributed by atoms with Crippen molar-refractivity contribution >= 4 is 21.9 Å². The Morgan fingerprint density at radius 3 is 2.22 bits per heavy atom. The third-order valence-electron chi connectivity index (χ3n) is 5.79. The summed E-state index contributed by atoms with van der Waals surface area (Å²) >= 11 is 0. The van der Waals surface area contributed by atoms with E-state index in [2.05, 4.69) is 31.0 Å². The van der Waals surface area contributed by atoms with Crippen molar-refractivity contribution in [2.75, 3.05) is 4.72 Å². The van der Waals surface area contributed by atoms with Gasteiger partial charge >= 0.3 is 0 Å². The smallest absolute Gasteiger partial charge is 0.263 e. The van der Waals surface area contributed by atoms with Crippen LogP contribution in [0.5, 0.6) is 0 Å². The van der Waals surface area contributed by atoms with Crippen molar-refractivity contribution in [3.63, 3.8) is 0 Å². The summed E-state index contributed by atoms with van der Waals surface area (Å²) in [5.41, 5.74) is 4.10. The van der Waals surface area contributed by atoms with Gasteiger partial charge in [-0.1, -0.05) is 42.0 Å². The minimum atomic E-state index is -3.75. The summed E-state index contributed by atoms with van der Waals surface area (Å²) in [7, 11) is -3.75. The van der Waals surface area contributed by atoms with Crippen LogP contribution < -0.4 is 4.72 Å². The van der Waals surface area contributed by atoms with Crippen LogP contribution in [0.15, 0.2) is 84.3 Å². The highest BCUT2D eigenvalue weighted by molar-refractivity contribution is 7.92. The zero-order valence-electron chi connectivity index (χ0n) is 17.4. The molecule has 1 aliphatic rings. The van der Waals surface area contributed by atoms with E-state index in [-0.39, 0.29) is 10.7 Å². The second-order valence-corrected chi connectivity index (χ2v) is 9.53. The summed E-state index contributed by atoms with van der Waals surface area (Å²) in [5.74, 6) is 0.280. The Balaban J connectivity index is 1.53. The van der Waals surface area contributed by atoms with Crippen molar-refractivity contribution in [2.45, 2.75) is 23.7 Å². The highest BCUT2D eigenvalue weighted by Gasteiger charge is 2.37. The third kappa shape index (κ3) is 3.48. The van der Waals surface area contributed by atoms with Gasteiger partial charge in [0.15, 0.2) is 5.82 Å². The number of aromatic amines is 1. The van der Waals surface area contributed by atoms with Crippen molar-refractivity contribution < 1.29 is 8.42 Å². The summed E-state index contributed by atoms with van der Waals surface area (Å²) in [6.45, 7) is 1.91. The molecule has 0 fully saturated rings. The van der Waals surface area contributed by atoms with Crippen LogP contribution in [0, 0.1) is 6.92 Å². The van der Waals surface area contributed by atoms with Gasteiger partial charge in [-0.15, -0.1) is 0 Å². The first-order chi connectivity index (χ1) is 15.5. The number of aromatic nitrogens is 4. The molecule has 3 aromatic heterocycles. The number of aryl methyl sites for hydroxylation is 1. The number of nitrogens with one attached hydrogen (secondary N) is 2. The molecule has 0 amide bonds. The number of rotatable bonds is 5. The van der Waals surface area contributed by atoms with Gasteiger partial charge in [0, 0.05) is 47.9 Å². The highest BCUT2D eigenvalue weighted by Crippen LogP contribution is 2.42. The Kier molecular flexibility index (Phi) is 4.86. The van der Waals surface area contributed by atoms with Crippen LogP contribution >= 0.6 is 0 Å². The van der Waals surface area contributed by atoms with Crippen LogP contribution in [0.3, 0.4) is 0 Å². The third-order valence-corrected chi connectivity index (χ3v) is 7.14. The number of pyridine rings is 2. The number of benzene rings is 1. The summed E-state index contributed by atoms with van der Waals surface area (Å²) in [5, 5.41) is 7.32. The van der Waals surface area contributed by atoms with Crippen LogP contribution in [0.4, 0.5) is 5.82 Å². The quantitative estimate of drug-likeness (QED) is 0.488. The molecule has 2 N–H and O–H groups in total. The molecular formula is C24H21N5O2S. The average Bonchev–Trinajstić information content (AvgIpc) is 3.21. The number of hydrogen-bond donors (Lipinski definition) is 2. The van der Waals surface area contributed by atoms with Crippen LogP contribution in [0.1, 0.15) is 27.9 Å². The lowest BCUT2D eigenvalue weighted by Gasteiger charge is -2.33. The van der Waals surface area contributed by atoms with Gasteiger partial charge in [0.05, 0.1) is 4.90 Å². The van der Waals surface area contributed by atoms with Gasteiger partial charge in [0.2, 0.25) is 0 Å². The lowest BCUT2D eigenvalue weighted by molar-refractivity contribution is 0.601. The van der Waals surface area contributed by atoms with Gasteiger partial charge in [-0.2, -0.15) is 5.10 Å². The topological polar surface area (TPSA) is 101 Å². The van der Waals surface area contributed by atoms with Crippen LogP contribution in [0.25, 0.3) is 6.08 Å². The van der Waals surface area contributed by atoms with Crippen molar-refractivity contribution in [3.8, 4) is 0 Å². The number of hydrogen-bond acceptors (Lipinski definition) is 5. The number of H-pyrrole nitrogens is 1. The Labute approximate surface area is 186 Å². The predicted octanol–water partition coefficient (Wildman–Crippen LogP) is 3.86. The average molecular weight is 444 g/mol. The fourth-order valence-corrected chi connectivity index (χ4v) is 5.08. The predicted molar refractivity (Wildman–Crippen MR) is 123 cm³/mol. The molecule has 1 aromatic carbocycles. The van der Waals surface area contributed by atoms with Gasteiger partial charge < -0.3 is 0 Å². The van der Waals surface area contributed by atoms with Gasteiger partial charge in [-0.3, -0.25) is 19.8 Å². The van der Waals surface area contributed by atoms with Crippen LogP contribution in [0.2, 0.25) is 0 Å². The van der Waals surface area contributed by atoms with E-state index >= 15 is 0 Å². The molecule has 8 heteroatoms. The molecule has 0 saturated carbocycles. The largest absolute Gasteiger partial charge is 0.280 e. The highest BCUT2D eigenvalue weighted by atomic mass is 32.2. The zero-order chi connectivity index (χ0) is 22.2. The maximum atomic E-state index is 12.9. The maximum absolute atomic E-state index is 12.9. The Bertz CT molecular complexity index is 1340. The van der Waals surface area contributed by atoms with E-state index in [4.69, 9.17) is 0 Å². The van der Waals surface area contributed by atoms with Gasteiger partial charge in [0.1, 0.15) is 0 Å². The zero-order valence-corrected chi connectivity index (χ0v) is 18.2. The number of sulfonamides is 1. The fraction of sp³-hybridized carbons (Fsp3) is 0.125. The number of nitrogens with zero attached hydrogens (tertiary/aromatic N) is 3. The number of allylic oxidation sites excluding steroid dienone is 1. The molecule has 32 heavy (non-hydrogen) atoms. The molecule has 0 atom stereocenters. The number of fused-ring (bicyclic) bond motifs is 1. The van der Waals surface area contributed by atoms with Crippen molar-refractivity contribution in [1.29, 1.82) is 0 Å². The Morgan fingerprint density at radius 2 is 1.62 bits per heavy atom. The van der Waals surface area contributed by atoms with Gasteiger partial charge in [-0.05, 0) is 42.3 Å². The second-order valence-electron chi connectivity index (χ2n) is 7.85. The summed E-state index contributed by atoms with van der Waals surface area (Å²) in [6, 6.07) is 14.6. The summed E-state index contributed by atoms with van der Waals surface area (Å²) < 4.78 is 28.3. The van der Waals surface area contributed by atoms with Gasteiger partial charge in [0.25, 0.3) is 10.0 Å².